The summed E-state index contributed by atoms with van der Waals surface area (Å²) >= 11 is 0. The van der Waals surface area contributed by atoms with Gasteiger partial charge in [-0.25, -0.2) is 0 Å². The quantitative estimate of drug-likeness (QED) is 0.710. The zero-order valence-corrected chi connectivity index (χ0v) is 10.9. The van der Waals surface area contributed by atoms with Crippen molar-refractivity contribution >= 4 is 5.91 Å². The normalized spacial score (nSPS) is 17.2. The molecular formula is C14H20N2O3. The van der Waals surface area contributed by atoms with Crippen LogP contribution in [-0.2, 0) is 11.2 Å². The van der Waals surface area contributed by atoms with E-state index < -0.39 is 6.04 Å². The lowest BCUT2D eigenvalue weighted by molar-refractivity contribution is -0.133. The van der Waals surface area contributed by atoms with Crippen LogP contribution in [0.15, 0.2) is 18.2 Å². The van der Waals surface area contributed by atoms with Crippen molar-refractivity contribution in [2.45, 2.75) is 31.7 Å². The van der Waals surface area contributed by atoms with Crippen molar-refractivity contribution in [2.75, 3.05) is 13.1 Å². The Morgan fingerprint density at radius 2 is 1.89 bits per heavy atom. The fraction of sp³-hybridized carbons (Fsp3) is 0.500. The highest BCUT2D eigenvalue weighted by atomic mass is 16.3. The number of benzene rings is 1. The second kappa shape index (κ2) is 5.93. The molecular weight excluding hydrogens is 244 g/mol. The van der Waals surface area contributed by atoms with E-state index in [2.05, 4.69) is 0 Å². The molecule has 5 nitrogen and oxygen atoms in total. The summed E-state index contributed by atoms with van der Waals surface area (Å²) in [6.07, 6.45) is 3.62. The van der Waals surface area contributed by atoms with E-state index in [0.717, 1.165) is 31.5 Å². The van der Waals surface area contributed by atoms with E-state index in [4.69, 9.17) is 5.73 Å². The van der Waals surface area contributed by atoms with Gasteiger partial charge in [-0.05, 0) is 43.4 Å². The van der Waals surface area contributed by atoms with Crippen LogP contribution < -0.4 is 5.73 Å². The van der Waals surface area contributed by atoms with Gasteiger partial charge in [0, 0.05) is 13.1 Å². The molecule has 0 saturated carbocycles. The van der Waals surface area contributed by atoms with E-state index >= 15 is 0 Å². The molecule has 4 N–H and O–H groups in total. The lowest BCUT2D eigenvalue weighted by atomic mass is 10.0. The van der Waals surface area contributed by atoms with Crippen molar-refractivity contribution in [2.24, 2.45) is 5.73 Å². The Labute approximate surface area is 112 Å². The Morgan fingerprint density at radius 1 is 1.21 bits per heavy atom. The van der Waals surface area contributed by atoms with E-state index in [9.17, 15) is 15.0 Å². The zero-order valence-electron chi connectivity index (χ0n) is 10.9. The number of piperidine rings is 1. The first-order valence-corrected chi connectivity index (χ1v) is 6.63. The van der Waals surface area contributed by atoms with E-state index in [-0.39, 0.29) is 17.4 Å². The van der Waals surface area contributed by atoms with Crippen molar-refractivity contribution in [3.63, 3.8) is 0 Å². The number of hydrogen-bond acceptors (Lipinski definition) is 4. The van der Waals surface area contributed by atoms with E-state index in [1.54, 1.807) is 6.07 Å². The molecule has 1 aliphatic heterocycles. The number of carbonyl (C=O) groups is 1. The molecule has 1 saturated heterocycles. The minimum absolute atomic E-state index is 0.0349. The number of nitrogens with zero attached hydrogens (tertiary/aromatic N) is 1. The number of rotatable bonds is 3. The maximum atomic E-state index is 12.1. The molecule has 1 aliphatic rings. The number of likely N-dealkylation sites (tertiary alicyclic amines) is 1. The average Bonchev–Trinajstić information content (AvgIpc) is 2.43. The third kappa shape index (κ3) is 3.38. The molecule has 104 valence electrons. The molecule has 1 heterocycles. The topological polar surface area (TPSA) is 86.8 Å². The standard InChI is InChI=1S/C14H20N2O3/c15-11(14(19)16-6-2-1-3-7-16)8-10-4-5-12(17)13(18)9-10/h4-5,9,11,17-18H,1-3,6-8,15H2/t11-/m0/s1. The first-order chi connectivity index (χ1) is 9.08. The Kier molecular flexibility index (Phi) is 4.27. The third-order valence-corrected chi connectivity index (χ3v) is 3.48. The smallest absolute Gasteiger partial charge is 0.239 e. The summed E-state index contributed by atoms with van der Waals surface area (Å²) in [5.41, 5.74) is 6.68. The molecule has 19 heavy (non-hydrogen) atoms. The minimum Gasteiger partial charge on any atom is -0.504 e. The molecule has 1 atom stereocenters. The van der Waals surface area contributed by atoms with Crippen molar-refractivity contribution in [1.82, 2.24) is 4.90 Å². The molecule has 2 rings (SSSR count). The molecule has 1 aromatic rings. The van der Waals surface area contributed by atoms with Gasteiger partial charge in [0.05, 0.1) is 6.04 Å². The van der Waals surface area contributed by atoms with Gasteiger partial charge in [-0.3, -0.25) is 4.79 Å². The molecule has 0 aliphatic carbocycles. The molecule has 0 bridgehead atoms. The number of phenolic OH excluding ortho intramolecular Hbond substituents is 2. The molecule has 1 aromatic carbocycles. The van der Waals surface area contributed by atoms with Gasteiger partial charge in [0.2, 0.25) is 5.91 Å². The van der Waals surface area contributed by atoms with Gasteiger partial charge in [0.15, 0.2) is 11.5 Å². The maximum Gasteiger partial charge on any atom is 0.239 e. The highest BCUT2D eigenvalue weighted by Gasteiger charge is 2.22. The second-order valence-electron chi connectivity index (χ2n) is 5.02. The number of carbonyl (C=O) groups excluding carboxylic acids is 1. The van der Waals surface area contributed by atoms with Crippen LogP contribution in [0.1, 0.15) is 24.8 Å². The number of phenols is 2. The molecule has 5 heteroatoms. The Hall–Kier alpha value is -1.75. The SMILES string of the molecule is N[C@@H](Cc1ccc(O)c(O)c1)C(=O)N1CCCCC1. The fourth-order valence-electron chi connectivity index (χ4n) is 2.39. The van der Waals surface area contributed by atoms with Crippen LogP contribution in [0, 0.1) is 0 Å². The predicted octanol–water partition coefficient (Wildman–Crippen LogP) is 0.980. The lowest BCUT2D eigenvalue weighted by Gasteiger charge is -2.29. The number of hydrogen-bond donors (Lipinski definition) is 3. The van der Waals surface area contributed by atoms with E-state index in [1.165, 1.54) is 18.6 Å². The van der Waals surface area contributed by atoms with Crippen molar-refractivity contribution in [3.05, 3.63) is 23.8 Å². The van der Waals surface area contributed by atoms with Gasteiger partial charge in [0.1, 0.15) is 0 Å². The Morgan fingerprint density at radius 3 is 2.53 bits per heavy atom. The minimum atomic E-state index is -0.595. The second-order valence-corrected chi connectivity index (χ2v) is 5.02. The third-order valence-electron chi connectivity index (χ3n) is 3.48. The van der Waals surface area contributed by atoms with Gasteiger partial charge in [-0.1, -0.05) is 6.07 Å². The van der Waals surface area contributed by atoms with Crippen LogP contribution in [0.5, 0.6) is 11.5 Å². The first-order valence-electron chi connectivity index (χ1n) is 6.63. The highest BCUT2D eigenvalue weighted by molar-refractivity contribution is 5.82. The fourth-order valence-corrected chi connectivity index (χ4v) is 2.39. The van der Waals surface area contributed by atoms with Crippen LogP contribution in [0.25, 0.3) is 0 Å². The van der Waals surface area contributed by atoms with Crippen molar-refractivity contribution < 1.29 is 15.0 Å². The van der Waals surface area contributed by atoms with Crippen molar-refractivity contribution in [3.8, 4) is 11.5 Å². The Balaban J connectivity index is 1.97. The molecule has 1 fully saturated rings. The van der Waals surface area contributed by atoms with Crippen LogP contribution in [-0.4, -0.2) is 40.2 Å². The molecule has 0 aromatic heterocycles. The van der Waals surface area contributed by atoms with Gasteiger partial charge >= 0.3 is 0 Å². The number of amides is 1. The van der Waals surface area contributed by atoms with Gasteiger partial charge in [-0.2, -0.15) is 0 Å². The molecule has 0 unspecified atom stereocenters. The average molecular weight is 264 g/mol. The van der Waals surface area contributed by atoms with Gasteiger partial charge in [-0.15, -0.1) is 0 Å². The summed E-state index contributed by atoms with van der Waals surface area (Å²) in [6.45, 7) is 1.57. The highest BCUT2D eigenvalue weighted by Crippen LogP contribution is 2.25. The van der Waals surface area contributed by atoms with Crippen LogP contribution >= 0.6 is 0 Å². The van der Waals surface area contributed by atoms with Gasteiger partial charge in [0.25, 0.3) is 0 Å². The zero-order chi connectivity index (χ0) is 13.8. The van der Waals surface area contributed by atoms with Crippen LogP contribution in [0.4, 0.5) is 0 Å². The lowest BCUT2D eigenvalue weighted by Crippen LogP contribution is -2.46. The summed E-state index contributed by atoms with van der Waals surface area (Å²) in [7, 11) is 0. The van der Waals surface area contributed by atoms with Crippen LogP contribution in [0.3, 0.4) is 0 Å². The van der Waals surface area contributed by atoms with Crippen molar-refractivity contribution in [1.29, 1.82) is 0 Å². The summed E-state index contributed by atoms with van der Waals surface area (Å²) in [5.74, 6) is -0.387. The number of nitrogens with two attached hydrogens (primary N) is 1. The van der Waals surface area contributed by atoms with Crippen LogP contribution in [0.2, 0.25) is 0 Å². The maximum absolute atomic E-state index is 12.1. The Bertz CT molecular complexity index is 456. The molecule has 1 amide bonds. The monoisotopic (exact) mass is 264 g/mol. The molecule has 0 spiro atoms. The molecule has 0 radical (unpaired) electrons. The summed E-state index contributed by atoms with van der Waals surface area (Å²) < 4.78 is 0. The van der Waals surface area contributed by atoms with E-state index in [0.29, 0.717) is 6.42 Å². The van der Waals surface area contributed by atoms with Gasteiger partial charge < -0.3 is 20.8 Å². The largest absolute Gasteiger partial charge is 0.504 e. The summed E-state index contributed by atoms with van der Waals surface area (Å²) in [4.78, 5) is 14.0. The summed E-state index contributed by atoms with van der Waals surface area (Å²) in [6, 6.07) is 3.92. The first kappa shape index (κ1) is 13.7. The van der Waals surface area contributed by atoms with E-state index in [1.807, 2.05) is 4.90 Å². The summed E-state index contributed by atoms with van der Waals surface area (Å²) in [5, 5.41) is 18.6. The predicted molar refractivity (Wildman–Crippen MR) is 71.9 cm³/mol. The number of aromatic hydroxyl groups is 2.